The van der Waals surface area contributed by atoms with Crippen LogP contribution in [0.5, 0.6) is 5.75 Å². The van der Waals surface area contributed by atoms with Crippen LogP contribution in [0.25, 0.3) is 0 Å². The largest absolute Gasteiger partial charge is 0.487 e. The number of nitrogens with one attached hydrogen (secondary N) is 1. The van der Waals surface area contributed by atoms with Gasteiger partial charge in [-0.1, -0.05) is 11.6 Å². The number of carbonyl (C=O) groups excluding carboxylic acids is 2. The van der Waals surface area contributed by atoms with E-state index in [1.807, 2.05) is 39.8 Å². The maximum Gasteiger partial charge on any atom is 0.231 e. The second kappa shape index (κ2) is 7.15. The highest BCUT2D eigenvalue weighted by Gasteiger charge is 2.47. The molecule has 30 heavy (non-hydrogen) atoms. The smallest absolute Gasteiger partial charge is 0.231 e. The number of aliphatic imine (C=N–C) groups is 1. The number of benzene rings is 1. The van der Waals surface area contributed by atoms with Crippen molar-refractivity contribution in [1.29, 1.82) is 0 Å². The van der Waals surface area contributed by atoms with Crippen molar-refractivity contribution >= 4 is 29.4 Å². The summed E-state index contributed by atoms with van der Waals surface area (Å²) in [6.45, 7) is 8.23. The summed E-state index contributed by atoms with van der Waals surface area (Å²) < 4.78 is 6.04. The molecule has 2 aliphatic heterocycles. The van der Waals surface area contributed by atoms with Crippen LogP contribution in [-0.4, -0.2) is 40.4 Å². The number of hydrogen-bond acceptors (Lipinski definition) is 5. The minimum absolute atomic E-state index is 0.00563. The van der Waals surface area contributed by atoms with Crippen LogP contribution >= 0.6 is 11.6 Å². The molecule has 0 spiro atoms. The molecule has 0 aromatic heterocycles. The van der Waals surface area contributed by atoms with Crippen LogP contribution in [0, 0.1) is 11.8 Å². The van der Waals surface area contributed by atoms with Crippen LogP contribution in [-0.2, 0) is 9.59 Å². The van der Waals surface area contributed by atoms with Crippen LogP contribution in [0.2, 0.25) is 5.02 Å². The molecular formula is C22H29ClN4O3. The highest BCUT2D eigenvalue weighted by molar-refractivity contribution is 6.30. The first kappa shape index (κ1) is 21.0. The monoisotopic (exact) mass is 432 g/mol. The second-order valence-electron chi connectivity index (χ2n) is 9.88. The Kier molecular flexibility index (Phi) is 5.00. The molecule has 1 aromatic carbocycles. The quantitative estimate of drug-likeness (QED) is 0.764. The van der Waals surface area contributed by atoms with Gasteiger partial charge in [0.15, 0.2) is 5.96 Å². The molecule has 3 atom stereocenters. The molecule has 2 amide bonds. The summed E-state index contributed by atoms with van der Waals surface area (Å²) in [6.07, 6.45) is 1.72. The molecule has 8 heteroatoms. The zero-order valence-corrected chi connectivity index (χ0v) is 18.6. The van der Waals surface area contributed by atoms with E-state index < -0.39 is 5.54 Å². The Bertz CT molecular complexity index is 927. The van der Waals surface area contributed by atoms with E-state index in [0.29, 0.717) is 24.4 Å². The first-order valence-electron chi connectivity index (χ1n) is 10.4. The number of rotatable bonds is 4. The third-order valence-corrected chi connectivity index (χ3v) is 6.24. The standard InChI is InChI=1S/C22H29ClN4O3/c1-21(2)10-18(28)27(20(24)26-21)11-12-7-14(12)19(29)25-16-9-22(3,4)30-17-6-5-13(23)8-15(16)17/h5-6,8,12,14,16H,7,9-11H2,1-4H3,(H2,24,26)(H,25,29)/t12-,14?,16+/m1/s1. The van der Waals surface area contributed by atoms with Crippen molar-refractivity contribution in [2.45, 2.75) is 64.1 Å². The fourth-order valence-electron chi connectivity index (χ4n) is 4.44. The molecule has 3 N–H and O–H groups in total. The summed E-state index contributed by atoms with van der Waals surface area (Å²) >= 11 is 6.17. The first-order valence-corrected chi connectivity index (χ1v) is 10.8. The molecule has 0 bridgehead atoms. The molecule has 1 aromatic rings. The summed E-state index contributed by atoms with van der Waals surface area (Å²) in [5.74, 6) is 0.919. The number of carbonyl (C=O) groups is 2. The summed E-state index contributed by atoms with van der Waals surface area (Å²) in [6, 6.07) is 5.33. The minimum atomic E-state index is -0.470. The van der Waals surface area contributed by atoms with Gasteiger partial charge in [0.25, 0.3) is 0 Å². The van der Waals surface area contributed by atoms with Gasteiger partial charge in [-0.3, -0.25) is 14.5 Å². The van der Waals surface area contributed by atoms with Gasteiger partial charge in [-0.15, -0.1) is 0 Å². The zero-order chi connectivity index (χ0) is 21.8. The highest BCUT2D eigenvalue weighted by Crippen LogP contribution is 2.43. The molecule has 4 rings (SSSR count). The third-order valence-electron chi connectivity index (χ3n) is 6.00. The number of hydrogen-bond donors (Lipinski definition) is 2. The van der Waals surface area contributed by atoms with E-state index in [9.17, 15) is 9.59 Å². The lowest BCUT2D eigenvalue weighted by Crippen LogP contribution is -2.50. The van der Waals surface area contributed by atoms with Crippen molar-refractivity contribution in [3.8, 4) is 5.75 Å². The van der Waals surface area contributed by atoms with Crippen LogP contribution < -0.4 is 15.8 Å². The molecule has 1 fully saturated rings. The van der Waals surface area contributed by atoms with Crippen molar-refractivity contribution in [3.05, 3.63) is 28.8 Å². The predicted octanol–water partition coefficient (Wildman–Crippen LogP) is 3.02. The Labute approximate surface area is 182 Å². The molecule has 1 saturated carbocycles. The molecule has 1 unspecified atom stereocenters. The average molecular weight is 433 g/mol. The third kappa shape index (κ3) is 4.26. The number of guanidine groups is 1. The number of ether oxygens (including phenoxy) is 1. The number of amides is 2. The zero-order valence-electron chi connectivity index (χ0n) is 17.9. The lowest BCUT2D eigenvalue weighted by molar-refractivity contribution is -0.130. The lowest BCUT2D eigenvalue weighted by Gasteiger charge is -2.38. The van der Waals surface area contributed by atoms with Crippen LogP contribution in [0.15, 0.2) is 23.2 Å². The van der Waals surface area contributed by atoms with Crippen molar-refractivity contribution in [1.82, 2.24) is 10.2 Å². The predicted molar refractivity (Wildman–Crippen MR) is 115 cm³/mol. The summed E-state index contributed by atoms with van der Waals surface area (Å²) in [5, 5.41) is 3.79. The summed E-state index contributed by atoms with van der Waals surface area (Å²) in [7, 11) is 0. The Morgan fingerprint density at radius 1 is 1.37 bits per heavy atom. The molecular weight excluding hydrogens is 404 g/mol. The molecule has 0 radical (unpaired) electrons. The SMILES string of the molecule is CC1(C)CC(=O)N(C[C@H]2CC2C(=O)N[C@H]2CC(C)(C)Oc3ccc(Cl)cc32)C(N)=N1. The molecule has 2 heterocycles. The number of nitrogens with two attached hydrogens (primary N) is 1. The molecule has 3 aliphatic rings. The van der Waals surface area contributed by atoms with Gasteiger partial charge in [0.1, 0.15) is 11.4 Å². The van der Waals surface area contributed by atoms with Gasteiger partial charge in [-0.2, -0.15) is 0 Å². The minimum Gasteiger partial charge on any atom is -0.487 e. The molecule has 0 saturated heterocycles. The summed E-state index contributed by atoms with van der Waals surface area (Å²) in [4.78, 5) is 31.3. The van der Waals surface area contributed by atoms with E-state index in [1.165, 1.54) is 4.90 Å². The van der Waals surface area contributed by atoms with E-state index in [1.54, 1.807) is 6.07 Å². The van der Waals surface area contributed by atoms with Gasteiger partial charge in [0.05, 0.1) is 18.0 Å². The maximum absolute atomic E-state index is 12.9. The van der Waals surface area contributed by atoms with Gasteiger partial charge in [0.2, 0.25) is 11.8 Å². The van der Waals surface area contributed by atoms with Gasteiger partial charge in [-0.05, 0) is 58.2 Å². The second-order valence-corrected chi connectivity index (χ2v) is 10.3. The van der Waals surface area contributed by atoms with Gasteiger partial charge in [-0.25, -0.2) is 4.99 Å². The van der Waals surface area contributed by atoms with Gasteiger partial charge < -0.3 is 15.8 Å². The Morgan fingerprint density at radius 3 is 2.80 bits per heavy atom. The van der Waals surface area contributed by atoms with Gasteiger partial charge >= 0.3 is 0 Å². The molecule has 7 nitrogen and oxygen atoms in total. The van der Waals surface area contributed by atoms with Crippen LogP contribution in [0.4, 0.5) is 0 Å². The average Bonchev–Trinajstić information content (AvgIpc) is 3.37. The fraction of sp³-hybridized carbons (Fsp3) is 0.591. The maximum atomic E-state index is 12.9. The summed E-state index contributed by atoms with van der Waals surface area (Å²) in [5.41, 5.74) is 6.06. The van der Waals surface area contributed by atoms with Crippen LogP contribution in [0.1, 0.15) is 58.6 Å². The topological polar surface area (TPSA) is 97.0 Å². The van der Waals surface area contributed by atoms with Crippen LogP contribution in [0.3, 0.4) is 0 Å². The highest BCUT2D eigenvalue weighted by atomic mass is 35.5. The lowest BCUT2D eigenvalue weighted by atomic mass is 9.89. The first-order chi connectivity index (χ1) is 13.9. The van der Waals surface area contributed by atoms with E-state index in [0.717, 1.165) is 17.7 Å². The fourth-order valence-corrected chi connectivity index (χ4v) is 4.62. The van der Waals surface area contributed by atoms with Crippen molar-refractivity contribution in [2.75, 3.05) is 6.54 Å². The Hall–Kier alpha value is -2.28. The number of halogens is 1. The van der Waals surface area contributed by atoms with E-state index in [2.05, 4.69) is 10.3 Å². The Morgan fingerprint density at radius 2 is 2.10 bits per heavy atom. The van der Waals surface area contributed by atoms with E-state index in [-0.39, 0.29) is 41.3 Å². The van der Waals surface area contributed by atoms with Crippen molar-refractivity contribution in [2.24, 2.45) is 22.6 Å². The van der Waals surface area contributed by atoms with E-state index in [4.69, 9.17) is 22.1 Å². The van der Waals surface area contributed by atoms with Crippen molar-refractivity contribution < 1.29 is 14.3 Å². The van der Waals surface area contributed by atoms with Crippen molar-refractivity contribution in [3.63, 3.8) is 0 Å². The Balaban J connectivity index is 1.42. The molecule has 162 valence electrons. The normalized spacial score (nSPS) is 28.8. The molecule has 1 aliphatic carbocycles. The van der Waals surface area contributed by atoms with E-state index >= 15 is 0 Å². The number of nitrogens with zero attached hydrogens (tertiary/aromatic N) is 2. The van der Waals surface area contributed by atoms with Gasteiger partial charge in [0, 0.05) is 29.5 Å². The number of fused-ring (bicyclic) bond motifs is 1.